The van der Waals surface area contributed by atoms with Crippen molar-refractivity contribution in [1.29, 1.82) is 0 Å². The average Bonchev–Trinajstić information content (AvgIpc) is 2.82. The van der Waals surface area contributed by atoms with E-state index in [-0.39, 0.29) is 5.69 Å². The van der Waals surface area contributed by atoms with Crippen molar-refractivity contribution >= 4 is 35.3 Å². The van der Waals surface area contributed by atoms with Crippen LogP contribution < -0.4 is 5.69 Å². The first-order chi connectivity index (χ1) is 10.7. The Morgan fingerprint density at radius 2 is 1.18 bits per heavy atom. The van der Waals surface area contributed by atoms with Crippen LogP contribution in [-0.4, -0.2) is 42.7 Å². The average molecular weight is 341 g/mol. The molecule has 0 aliphatic heterocycles. The first-order valence-corrected chi connectivity index (χ1v) is 9.21. The molecule has 0 atom stereocenters. The summed E-state index contributed by atoms with van der Waals surface area (Å²) in [6.07, 6.45) is 0. The highest BCUT2D eigenvalue weighted by Crippen LogP contribution is 2.24. The Morgan fingerprint density at radius 1 is 0.818 bits per heavy atom. The maximum absolute atomic E-state index is 12.9. The quantitative estimate of drug-likeness (QED) is 0.689. The second-order valence-corrected chi connectivity index (χ2v) is 6.84. The molecule has 0 unspecified atom stereocenters. The van der Waals surface area contributed by atoms with Crippen molar-refractivity contribution in [3.63, 3.8) is 0 Å². The summed E-state index contributed by atoms with van der Waals surface area (Å²) in [7, 11) is 0. The molecule has 7 heteroatoms. The molecule has 0 spiro atoms. The standard InChI is InChI=1S/C15H24N4OS2/c1-5-16(6-2)21-18-13-11-9-10-12-14(13)19(15(18)20)22-17(7-3)8-4/h9-12H,5-8H2,1-4H3. The number of para-hydroxylation sites is 2. The van der Waals surface area contributed by atoms with Gasteiger partial charge in [-0.25, -0.2) is 21.3 Å². The van der Waals surface area contributed by atoms with Gasteiger partial charge in [-0.3, -0.25) is 0 Å². The van der Waals surface area contributed by atoms with Crippen molar-refractivity contribution in [3.05, 3.63) is 34.7 Å². The fourth-order valence-corrected chi connectivity index (χ4v) is 3.93. The maximum Gasteiger partial charge on any atom is 0.351 e. The molecule has 22 heavy (non-hydrogen) atoms. The molecule has 0 amide bonds. The van der Waals surface area contributed by atoms with Gasteiger partial charge in [0.2, 0.25) is 0 Å². The highest BCUT2D eigenvalue weighted by molar-refractivity contribution is 7.96. The van der Waals surface area contributed by atoms with Crippen LogP contribution in [0.15, 0.2) is 29.1 Å². The SMILES string of the molecule is CCN(CC)Sn1c(=O)n(SN(CC)CC)c2ccccc21. The maximum atomic E-state index is 12.9. The van der Waals surface area contributed by atoms with Crippen LogP contribution >= 0.6 is 24.3 Å². The third-order valence-electron chi connectivity index (χ3n) is 3.47. The van der Waals surface area contributed by atoms with Crippen molar-refractivity contribution < 1.29 is 0 Å². The second kappa shape index (κ2) is 8.10. The third kappa shape index (κ3) is 3.53. The number of aromatic nitrogens is 2. The highest BCUT2D eigenvalue weighted by Gasteiger charge is 2.17. The molecule has 0 fully saturated rings. The van der Waals surface area contributed by atoms with Gasteiger partial charge in [-0.15, -0.1) is 0 Å². The molecule has 2 rings (SSSR count). The molecule has 2 aromatic rings. The predicted molar refractivity (Wildman–Crippen MR) is 98.0 cm³/mol. The summed E-state index contributed by atoms with van der Waals surface area (Å²) in [5.41, 5.74) is 1.93. The Kier molecular flexibility index (Phi) is 6.43. The van der Waals surface area contributed by atoms with Crippen LogP contribution in [-0.2, 0) is 0 Å². The number of imidazole rings is 1. The minimum Gasteiger partial charge on any atom is -0.246 e. The van der Waals surface area contributed by atoms with E-state index in [0.717, 1.165) is 37.2 Å². The molecule has 1 heterocycles. The van der Waals surface area contributed by atoms with Crippen LogP contribution in [0, 0.1) is 0 Å². The molecule has 1 aromatic carbocycles. The van der Waals surface area contributed by atoms with E-state index in [1.165, 1.54) is 24.3 Å². The van der Waals surface area contributed by atoms with Crippen LogP contribution in [0.5, 0.6) is 0 Å². The molecule has 0 aliphatic rings. The largest absolute Gasteiger partial charge is 0.351 e. The zero-order valence-corrected chi connectivity index (χ0v) is 15.3. The van der Waals surface area contributed by atoms with Crippen LogP contribution in [0.2, 0.25) is 0 Å². The van der Waals surface area contributed by atoms with Gasteiger partial charge in [-0.2, -0.15) is 0 Å². The number of hydrogen-bond donors (Lipinski definition) is 0. The Labute approximate surface area is 140 Å². The molecule has 0 radical (unpaired) electrons. The lowest BCUT2D eigenvalue weighted by atomic mass is 10.3. The lowest BCUT2D eigenvalue weighted by molar-refractivity contribution is 0.519. The van der Waals surface area contributed by atoms with Crippen LogP contribution in [0.4, 0.5) is 0 Å². The zero-order valence-electron chi connectivity index (χ0n) is 13.7. The van der Waals surface area contributed by atoms with Gasteiger partial charge in [0.05, 0.1) is 11.0 Å². The number of nitrogens with zero attached hydrogens (tertiary/aromatic N) is 4. The Hall–Kier alpha value is -0.890. The van der Waals surface area contributed by atoms with Crippen molar-refractivity contribution in [2.45, 2.75) is 27.7 Å². The van der Waals surface area contributed by atoms with Gasteiger partial charge in [0.25, 0.3) is 0 Å². The molecule has 122 valence electrons. The summed E-state index contributed by atoms with van der Waals surface area (Å²) in [4.78, 5) is 12.9. The lowest BCUT2D eigenvalue weighted by Crippen LogP contribution is -2.26. The first kappa shape index (κ1) is 17.5. The second-order valence-electron chi connectivity index (χ2n) is 4.75. The van der Waals surface area contributed by atoms with Crippen molar-refractivity contribution in [2.75, 3.05) is 26.2 Å². The van der Waals surface area contributed by atoms with Crippen LogP contribution in [0.3, 0.4) is 0 Å². The normalized spacial score (nSPS) is 11.9. The monoisotopic (exact) mass is 340 g/mol. The van der Waals surface area contributed by atoms with Gasteiger partial charge in [-0.05, 0) is 12.1 Å². The molecular formula is C15H24N4OS2. The van der Waals surface area contributed by atoms with Crippen LogP contribution in [0.25, 0.3) is 11.0 Å². The fourth-order valence-electron chi connectivity index (χ4n) is 2.16. The highest BCUT2D eigenvalue weighted by atomic mass is 32.2. The van der Waals surface area contributed by atoms with Gasteiger partial charge in [0.1, 0.15) is 0 Å². The van der Waals surface area contributed by atoms with Gasteiger partial charge in [0.15, 0.2) is 0 Å². The summed E-state index contributed by atoms with van der Waals surface area (Å²) in [5, 5.41) is 0. The topological polar surface area (TPSA) is 33.4 Å². The predicted octanol–water partition coefficient (Wildman–Crippen LogP) is 3.31. The van der Waals surface area contributed by atoms with E-state index >= 15 is 0 Å². The van der Waals surface area contributed by atoms with Crippen molar-refractivity contribution in [2.24, 2.45) is 0 Å². The molecule has 0 saturated carbocycles. The molecule has 5 nitrogen and oxygen atoms in total. The smallest absolute Gasteiger partial charge is 0.246 e. The number of hydrogen-bond acceptors (Lipinski definition) is 5. The van der Waals surface area contributed by atoms with Gasteiger partial charge in [0, 0.05) is 50.4 Å². The summed E-state index contributed by atoms with van der Waals surface area (Å²) >= 11 is 2.99. The lowest BCUT2D eigenvalue weighted by Gasteiger charge is -2.17. The Bertz CT molecular complexity index is 605. The number of benzene rings is 1. The summed E-state index contributed by atoms with van der Waals surface area (Å²) in [5.74, 6) is 0. The minimum absolute atomic E-state index is 0.00926. The van der Waals surface area contributed by atoms with E-state index in [0.29, 0.717) is 0 Å². The van der Waals surface area contributed by atoms with E-state index < -0.39 is 0 Å². The molecule has 1 aromatic heterocycles. The van der Waals surface area contributed by atoms with Crippen LogP contribution in [0.1, 0.15) is 27.7 Å². The van der Waals surface area contributed by atoms with Crippen molar-refractivity contribution in [3.8, 4) is 0 Å². The van der Waals surface area contributed by atoms with Crippen molar-refractivity contribution in [1.82, 2.24) is 16.6 Å². The summed E-state index contributed by atoms with van der Waals surface area (Å²) in [6.45, 7) is 12.0. The van der Waals surface area contributed by atoms with Gasteiger partial charge in [-0.1, -0.05) is 39.8 Å². The van der Waals surface area contributed by atoms with E-state index in [9.17, 15) is 4.79 Å². The van der Waals surface area contributed by atoms with E-state index in [2.05, 4.69) is 36.3 Å². The first-order valence-electron chi connectivity index (χ1n) is 7.75. The molecule has 0 N–H and O–H groups in total. The molecule has 0 aliphatic carbocycles. The minimum atomic E-state index is 0.00926. The van der Waals surface area contributed by atoms with E-state index in [1.54, 1.807) is 7.94 Å². The fraction of sp³-hybridized carbons (Fsp3) is 0.533. The Balaban J connectivity index is 2.49. The molecular weight excluding hydrogens is 316 g/mol. The summed E-state index contributed by atoms with van der Waals surface area (Å²) in [6, 6.07) is 7.97. The van der Waals surface area contributed by atoms with Gasteiger partial charge < -0.3 is 0 Å². The molecule has 0 saturated heterocycles. The number of fused-ring (bicyclic) bond motifs is 1. The third-order valence-corrected chi connectivity index (χ3v) is 6.00. The zero-order chi connectivity index (χ0) is 16.1. The number of rotatable bonds is 8. The van der Waals surface area contributed by atoms with E-state index in [4.69, 9.17) is 0 Å². The summed E-state index contributed by atoms with van der Waals surface area (Å²) < 4.78 is 7.91. The molecule has 0 bridgehead atoms. The Morgan fingerprint density at radius 3 is 1.50 bits per heavy atom. The van der Waals surface area contributed by atoms with Gasteiger partial charge >= 0.3 is 5.69 Å². The van der Waals surface area contributed by atoms with E-state index in [1.807, 2.05) is 24.3 Å².